The number of benzene rings is 2. The first-order valence-corrected chi connectivity index (χ1v) is 7.69. The summed E-state index contributed by atoms with van der Waals surface area (Å²) in [6.07, 6.45) is 0.328. The molecule has 1 amide bonds. The Labute approximate surface area is 140 Å². The first-order chi connectivity index (χ1) is 11.5. The Morgan fingerprint density at radius 3 is 2.46 bits per heavy atom. The zero-order valence-electron chi connectivity index (χ0n) is 13.7. The average Bonchev–Trinajstić information content (AvgIpc) is 2.60. The van der Waals surface area contributed by atoms with Crippen LogP contribution in [0.2, 0.25) is 0 Å². The molecule has 0 unspecified atom stereocenters. The fraction of sp³-hybridized carbons (Fsp3) is 0.263. The standard InChI is InChI=1S/C19H20FNO3/c1-13(15-9-6-10-16(20)12-15)18(22)21-17(19(23)24-2)11-14-7-4-3-5-8-14/h3-10,12-13,17H,11H2,1-2H3,(H,21,22)/t13-,17-/m0/s1. The smallest absolute Gasteiger partial charge is 0.328 e. The van der Waals surface area contributed by atoms with Crippen molar-refractivity contribution < 1.29 is 18.7 Å². The molecule has 0 aliphatic heterocycles. The van der Waals surface area contributed by atoms with Crippen LogP contribution >= 0.6 is 0 Å². The number of hydrogen-bond donors (Lipinski definition) is 1. The number of ether oxygens (including phenoxy) is 1. The van der Waals surface area contributed by atoms with E-state index in [1.54, 1.807) is 19.1 Å². The molecule has 4 nitrogen and oxygen atoms in total. The molecule has 0 aliphatic carbocycles. The third-order valence-corrected chi connectivity index (χ3v) is 3.83. The van der Waals surface area contributed by atoms with Crippen molar-refractivity contribution in [3.8, 4) is 0 Å². The van der Waals surface area contributed by atoms with E-state index in [9.17, 15) is 14.0 Å². The molecule has 5 heteroatoms. The van der Waals surface area contributed by atoms with Crippen LogP contribution in [0.4, 0.5) is 4.39 Å². The van der Waals surface area contributed by atoms with Gasteiger partial charge in [-0.15, -0.1) is 0 Å². The minimum Gasteiger partial charge on any atom is -0.467 e. The van der Waals surface area contributed by atoms with E-state index in [-0.39, 0.29) is 5.91 Å². The summed E-state index contributed by atoms with van der Waals surface area (Å²) in [5.74, 6) is -1.85. The zero-order chi connectivity index (χ0) is 17.5. The van der Waals surface area contributed by atoms with E-state index in [1.807, 2.05) is 30.3 Å². The lowest BCUT2D eigenvalue weighted by Gasteiger charge is -2.19. The predicted molar refractivity (Wildman–Crippen MR) is 88.9 cm³/mol. The van der Waals surface area contributed by atoms with Crippen LogP contribution in [0.3, 0.4) is 0 Å². The lowest BCUT2D eigenvalue weighted by molar-refractivity contribution is -0.145. The van der Waals surface area contributed by atoms with Gasteiger partial charge >= 0.3 is 5.97 Å². The van der Waals surface area contributed by atoms with Gasteiger partial charge in [0.15, 0.2) is 0 Å². The molecule has 0 bridgehead atoms. The Morgan fingerprint density at radius 2 is 1.83 bits per heavy atom. The Hall–Kier alpha value is -2.69. The Balaban J connectivity index is 2.10. The number of halogens is 1. The number of esters is 1. The van der Waals surface area contributed by atoms with Gasteiger partial charge in [-0.2, -0.15) is 0 Å². The highest BCUT2D eigenvalue weighted by atomic mass is 19.1. The van der Waals surface area contributed by atoms with Gasteiger partial charge in [-0.05, 0) is 30.2 Å². The highest BCUT2D eigenvalue weighted by molar-refractivity contribution is 5.88. The van der Waals surface area contributed by atoms with Crippen molar-refractivity contribution in [2.75, 3.05) is 7.11 Å². The van der Waals surface area contributed by atoms with Crippen LogP contribution in [-0.2, 0) is 20.7 Å². The summed E-state index contributed by atoms with van der Waals surface area (Å²) in [5, 5.41) is 2.70. The molecule has 0 aliphatic rings. The Bertz CT molecular complexity index is 703. The van der Waals surface area contributed by atoms with Gasteiger partial charge in [0.25, 0.3) is 0 Å². The molecular formula is C19H20FNO3. The maximum absolute atomic E-state index is 13.3. The van der Waals surface area contributed by atoms with Crippen LogP contribution in [0, 0.1) is 5.82 Å². The first-order valence-electron chi connectivity index (χ1n) is 7.69. The van der Waals surface area contributed by atoms with Crippen molar-refractivity contribution in [1.82, 2.24) is 5.32 Å². The summed E-state index contributed by atoms with van der Waals surface area (Å²) in [6.45, 7) is 1.67. The topological polar surface area (TPSA) is 55.4 Å². The van der Waals surface area contributed by atoms with E-state index in [1.165, 1.54) is 19.2 Å². The van der Waals surface area contributed by atoms with Crippen LogP contribution in [0.5, 0.6) is 0 Å². The minimum absolute atomic E-state index is 0.328. The summed E-state index contributed by atoms with van der Waals surface area (Å²) in [7, 11) is 1.28. The molecule has 0 spiro atoms. The van der Waals surface area contributed by atoms with Gasteiger partial charge in [-0.1, -0.05) is 42.5 Å². The molecule has 2 atom stereocenters. The molecule has 1 N–H and O–H groups in total. The molecule has 0 fully saturated rings. The van der Waals surface area contributed by atoms with E-state index >= 15 is 0 Å². The van der Waals surface area contributed by atoms with Crippen molar-refractivity contribution in [2.24, 2.45) is 0 Å². The largest absolute Gasteiger partial charge is 0.467 e. The van der Waals surface area contributed by atoms with Crippen molar-refractivity contribution in [1.29, 1.82) is 0 Å². The fourth-order valence-electron chi connectivity index (χ4n) is 2.41. The maximum atomic E-state index is 13.3. The molecule has 126 valence electrons. The molecule has 2 aromatic rings. The predicted octanol–water partition coefficient (Wildman–Crippen LogP) is 2.83. The quantitative estimate of drug-likeness (QED) is 0.829. The summed E-state index contributed by atoms with van der Waals surface area (Å²) >= 11 is 0. The van der Waals surface area contributed by atoms with E-state index < -0.39 is 23.7 Å². The Morgan fingerprint density at radius 1 is 1.12 bits per heavy atom. The van der Waals surface area contributed by atoms with Crippen molar-refractivity contribution >= 4 is 11.9 Å². The van der Waals surface area contributed by atoms with Gasteiger partial charge in [-0.3, -0.25) is 4.79 Å². The highest BCUT2D eigenvalue weighted by Crippen LogP contribution is 2.17. The fourth-order valence-corrected chi connectivity index (χ4v) is 2.41. The lowest BCUT2D eigenvalue weighted by atomic mass is 9.99. The van der Waals surface area contributed by atoms with Crippen molar-refractivity contribution in [3.05, 3.63) is 71.5 Å². The van der Waals surface area contributed by atoms with Crippen LogP contribution in [0.25, 0.3) is 0 Å². The van der Waals surface area contributed by atoms with E-state index in [0.717, 1.165) is 5.56 Å². The SMILES string of the molecule is COC(=O)[C@H](Cc1ccccc1)NC(=O)[C@@H](C)c1cccc(F)c1. The summed E-state index contributed by atoms with van der Waals surface area (Å²) in [6, 6.07) is 14.4. The van der Waals surface area contributed by atoms with E-state index in [0.29, 0.717) is 12.0 Å². The molecule has 2 aromatic carbocycles. The second kappa shape index (κ2) is 8.24. The first kappa shape index (κ1) is 17.7. The van der Waals surface area contributed by atoms with Gasteiger partial charge in [-0.25, -0.2) is 9.18 Å². The molecule has 24 heavy (non-hydrogen) atoms. The monoisotopic (exact) mass is 329 g/mol. The second-order valence-corrected chi connectivity index (χ2v) is 5.55. The third-order valence-electron chi connectivity index (χ3n) is 3.83. The second-order valence-electron chi connectivity index (χ2n) is 5.55. The van der Waals surface area contributed by atoms with E-state index in [4.69, 9.17) is 4.74 Å². The molecule has 0 aromatic heterocycles. The van der Waals surface area contributed by atoms with Crippen molar-refractivity contribution in [2.45, 2.75) is 25.3 Å². The molecule has 0 saturated heterocycles. The molecular weight excluding hydrogens is 309 g/mol. The van der Waals surface area contributed by atoms with E-state index in [2.05, 4.69) is 5.32 Å². The molecule has 2 rings (SSSR count). The van der Waals surface area contributed by atoms with Crippen LogP contribution in [0.1, 0.15) is 24.0 Å². The number of rotatable bonds is 6. The normalized spacial score (nSPS) is 13.0. The average molecular weight is 329 g/mol. The molecule has 0 heterocycles. The van der Waals surface area contributed by atoms with Crippen LogP contribution in [0.15, 0.2) is 54.6 Å². The summed E-state index contributed by atoms with van der Waals surface area (Å²) in [4.78, 5) is 24.4. The van der Waals surface area contributed by atoms with Crippen molar-refractivity contribution in [3.63, 3.8) is 0 Å². The summed E-state index contributed by atoms with van der Waals surface area (Å²) < 4.78 is 18.1. The minimum atomic E-state index is -0.791. The maximum Gasteiger partial charge on any atom is 0.328 e. The highest BCUT2D eigenvalue weighted by Gasteiger charge is 2.25. The lowest BCUT2D eigenvalue weighted by Crippen LogP contribution is -2.44. The number of hydrogen-bond acceptors (Lipinski definition) is 3. The van der Waals surface area contributed by atoms with Crippen LogP contribution < -0.4 is 5.32 Å². The van der Waals surface area contributed by atoms with Gasteiger partial charge < -0.3 is 10.1 Å². The summed E-state index contributed by atoms with van der Waals surface area (Å²) in [5.41, 5.74) is 1.46. The number of carbonyl (C=O) groups is 2. The molecule has 0 saturated carbocycles. The van der Waals surface area contributed by atoms with Gasteiger partial charge in [0.05, 0.1) is 13.0 Å². The number of amides is 1. The third kappa shape index (κ3) is 4.65. The number of carbonyl (C=O) groups excluding carboxylic acids is 2. The molecule has 0 radical (unpaired) electrons. The number of methoxy groups -OCH3 is 1. The number of nitrogens with one attached hydrogen (secondary N) is 1. The Kier molecular flexibility index (Phi) is 6.07. The zero-order valence-corrected chi connectivity index (χ0v) is 13.7. The van der Waals surface area contributed by atoms with Gasteiger partial charge in [0, 0.05) is 6.42 Å². The van der Waals surface area contributed by atoms with Crippen LogP contribution in [-0.4, -0.2) is 25.0 Å². The van der Waals surface area contributed by atoms with Gasteiger partial charge in [0.1, 0.15) is 11.9 Å². The van der Waals surface area contributed by atoms with Gasteiger partial charge in [0.2, 0.25) is 5.91 Å².